The fraction of sp³-hybridized carbons (Fsp3) is 0.400. The number of rotatable bonds is 4. The largest absolute Gasteiger partial charge is 0.467 e. The highest BCUT2D eigenvalue weighted by Crippen LogP contribution is 2.35. The molecule has 0 bridgehead atoms. The smallest absolute Gasteiger partial charge is 0.188 e. The van der Waals surface area contributed by atoms with Gasteiger partial charge in [-0.1, -0.05) is 18.2 Å². The van der Waals surface area contributed by atoms with Crippen molar-refractivity contribution in [2.24, 2.45) is 0 Å². The van der Waals surface area contributed by atoms with Gasteiger partial charge in [-0.25, -0.2) is 0 Å². The zero-order chi connectivity index (χ0) is 9.10. The van der Waals surface area contributed by atoms with Crippen LogP contribution in [0.1, 0.15) is 11.7 Å². The van der Waals surface area contributed by atoms with Gasteiger partial charge in [0.2, 0.25) is 0 Å². The summed E-state index contributed by atoms with van der Waals surface area (Å²) < 4.78 is 15.4. The summed E-state index contributed by atoms with van der Waals surface area (Å²) in [5.41, 5.74) is 1.11. The predicted octanol–water partition coefficient (Wildman–Crippen LogP) is 1.74. The third-order valence-corrected chi connectivity index (χ3v) is 1.93. The standard InChI is InChI=1S/C10H12O3/c1-11-7-13-9-5-3-2-4-8(9)10-6-12-10/h2-5,10H,6-7H2,1H3. The van der Waals surface area contributed by atoms with Gasteiger partial charge in [-0.2, -0.15) is 0 Å². The van der Waals surface area contributed by atoms with Gasteiger partial charge >= 0.3 is 0 Å². The Balaban J connectivity index is 2.12. The molecule has 0 radical (unpaired) electrons. The van der Waals surface area contributed by atoms with Crippen LogP contribution in [-0.4, -0.2) is 20.5 Å². The maximum absolute atomic E-state index is 5.39. The fourth-order valence-corrected chi connectivity index (χ4v) is 1.23. The van der Waals surface area contributed by atoms with E-state index in [4.69, 9.17) is 14.2 Å². The lowest BCUT2D eigenvalue weighted by molar-refractivity contribution is 0.0501. The van der Waals surface area contributed by atoms with Crippen LogP contribution in [0.4, 0.5) is 0 Å². The Morgan fingerprint density at radius 1 is 1.46 bits per heavy atom. The van der Waals surface area contributed by atoms with Gasteiger partial charge in [-0.05, 0) is 6.07 Å². The molecule has 0 aliphatic carbocycles. The number of methoxy groups -OCH3 is 1. The summed E-state index contributed by atoms with van der Waals surface area (Å²) in [5, 5.41) is 0. The third-order valence-electron chi connectivity index (χ3n) is 1.93. The van der Waals surface area contributed by atoms with Crippen molar-refractivity contribution < 1.29 is 14.2 Å². The third kappa shape index (κ3) is 1.99. The van der Waals surface area contributed by atoms with Crippen LogP contribution in [0.25, 0.3) is 0 Å². The normalized spacial score (nSPS) is 19.9. The summed E-state index contributed by atoms with van der Waals surface area (Å²) in [6.45, 7) is 1.08. The maximum atomic E-state index is 5.39. The van der Waals surface area contributed by atoms with E-state index in [9.17, 15) is 0 Å². The van der Waals surface area contributed by atoms with Crippen LogP contribution in [0.5, 0.6) is 5.75 Å². The molecule has 1 atom stereocenters. The Labute approximate surface area is 77.2 Å². The molecule has 3 heteroatoms. The van der Waals surface area contributed by atoms with Crippen molar-refractivity contribution in [2.75, 3.05) is 20.5 Å². The van der Waals surface area contributed by atoms with Crippen molar-refractivity contribution >= 4 is 0 Å². The predicted molar refractivity (Wildman–Crippen MR) is 47.6 cm³/mol. The van der Waals surface area contributed by atoms with Gasteiger partial charge in [-0.3, -0.25) is 0 Å². The van der Waals surface area contributed by atoms with Crippen LogP contribution in [0.15, 0.2) is 24.3 Å². The van der Waals surface area contributed by atoms with E-state index in [0.29, 0.717) is 0 Å². The molecule has 2 rings (SSSR count). The SMILES string of the molecule is COCOc1ccccc1C1CO1. The zero-order valence-electron chi connectivity index (χ0n) is 7.53. The first kappa shape index (κ1) is 8.53. The molecule has 3 nitrogen and oxygen atoms in total. The van der Waals surface area contributed by atoms with Crippen LogP contribution in [0.3, 0.4) is 0 Å². The molecule has 1 aliphatic rings. The Bertz CT molecular complexity index is 281. The van der Waals surface area contributed by atoms with E-state index in [1.165, 1.54) is 0 Å². The molecule has 1 unspecified atom stereocenters. The van der Waals surface area contributed by atoms with E-state index in [1.807, 2.05) is 24.3 Å². The number of hydrogen-bond donors (Lipinski definition) is 0. The van der Waals surface area contributed by atoms with Gasteiger partial charge in [-0.15, -0.1) is 0 Å². The lowest BCUT2D eigenvalue weighted by Crippen LogP contribution is -2.01. The molecule has 0 spiro atoms. The van der Waals surface area contributed by atoms with E-state index in [-0.39, 0.29) is 12.9 Å². The number of benzene rings is 1. The minimum Gasteiger partial charge on any atom is -0.467 e. The van der Waals surface area contributed by atoms with Gasteiger partial charge in [0.25, 0.3) is 0 Å². The van der Waals surface area contributed by atoms with Gasteiger partial charge in [0.1, 0.15) is 11.9 Å². The van der Waals surface area contributed by atoms with E-state index in [0.717, 1.165) is 17.9 Å². The molecule has 13 heavy (non-hydrogen) atoms. The Kier molecular flexibility index (Phi) is 2.47. The highest BCUT2D eigenvalue weighted by molar-refractivity contribution is 5.36. The van der Waals surface area contributed by atoms with Gasteiger partial charge in [0.15, 0.2) is 6.79 Å². The highest BCUT2D eigenvalue weighted by atomic mass is 16.7. The summed E-state index contributed by atoms with van der Waals surface area (Å²) in [6, 6.07) is 7.87. The monoisotopic (exact) mass is 180 g/mol. The van der Waals surface area contributed by atoms with Crippen LogP contribution in [-0.2, 0) is 9.47 Å². The first-order valence-corrected chi connectivity index (χ1v) is 4.24. The van der Waals surface area contributed by atoms with Crippen LogP contribution >= 0.6 is 0 Å². The van der Waals surface area contributed by atoms with Crippen molar-refractivity contribution in [1.29, 1.82) is 0 Å². The first-order valence-electron chi connectivity index (χ1n) is 4.24. The average molecular weight is 180 g/mol. The van der Waals surface area contributed by atoms with Crippen molar-refractivity contribution in [3.05, 3.63) is 29.8 Å². The molecule has 1 aromatic rings. The van der Waals surface area contributed by atoms with Gasteiger partial charge in [0, 0.05) is 12.7 Å². The fourth-order valence-electron chi connectivity index (χ4n) is 1.23. The molecule has 1 saturated heterocycles. The Hall–Kier alpha value is -1.06. The number of para-hydroxylation sites is 1. The summed E-state index contributed by atoms with van der Waals surface area (Å²) in [7, 11) is 1.61. The molecular formula is C10H12O3. The maximum Gasteiger partial charge on any atom is 0.188 e. The summed E-state index contributed by atoms with van der Waals surface area (Å²) >= 11 is 0. The lowest BCUT2D eigenvalue weighted by Gasteiger charge is -2.07. The van der Waals surface area contributed by atoms with Crippen molar-refractivity contribution in [2.45, 2.75) is 6.10 Å². The number of ether oxygens (including phenoxy) is 3. The van der Waals surface area contributed by atoms with Crippen molar-refractivity contribution in [1.82, 2.24) is 0 Å². The second kappa shape index (κ2) is 3.77. The van der Waals surface area contributed by atoms with Crippen LogP contribution in [0.2, 0.25) is 0 Å². The summed E-state index contributed by atoms with van der Waals surface area (Å²) in [5.74, 6) is 0.854. The molecule has 1 fully saturated rings. The molecular weight excluding hydrogens is 168 g/mol. The molecule has 0 N–H and O–H groups in total. The zero-order valence-corrected chi connectivity index (χ0v) is 7.53. The first-order chi connectivity index (χ1) is 6.42. The summed E-state index contributed by atoms with van der Waals surface area (Å²) in [4.78, 5) is 0. The molecule has 1 aliphatic heterocycles. The molecule has 70 valence electrons. The van der Waals surface area contributed by atoms with Crippen LogP contribution < -0.4 is 4.74 Å². The van der Waals surface area contributed by atoms with Crippen molar-refractivity contribution in [3.63, 3.8) is 0 Å². The quantitative estimate of drug-likeness (QED) is 0.522. The molecule has 0 saturated carbocycles. The number of epoxide rings is 1. The van der Waals surface area contributed by atoms with Gasteiger partial charge < -0.3 is 14.2 Å². The lowest BCUT2D eigenvalue weighted by atomic mass is 10.1. The van der Waals surface area contributed by atoms with E-state index >= 15 is 0 Å². The van der Waals surface area contributed by atoms with E-state index in [2.05, 4.69) is 0 Å². The Morgan fingerprint density at radius 3 is 2.92 bits per heavy atom. The van der Waals surface area contributed by atoms with E-state index < -0.39 is 0 Å². The highest BCUT2D eigenvalue weighted by Gasteiger charge is 2.27. The molecule has 1 heterocycles. The Morgan fingerprint density at radius 2 is 2.23 bits per heavy atom. The van der Waals surface area contributed by atoms with Gasteiger partial charge in [0.05, 0.1) is 6.61 Å². The minimum absolute atomic E-state index is 0.230. The molecule has 1 aromatic carbocycles. The van der Waals surface area contributed by atoms with Crippen molar-refractivity contribution in [3.8, 4) is 5.75 Å². The second-order valence-electron chi connectivity index (χ2n) is 2.91. The molecule has 0 aromatic heterocycles. The van der Waals surface area contributed by atoms with E-state index in [1.54, 1.807) is 7.11 Å². The second-order valence-corrected chi connectivity index (χ2v) is 2.91. The van der Waals surface area contributed by atoms with Crippen LogP contribution in [0, 0.1) is 0 Å². The molecule has 0 amide bonds. The summed E-state index contributed by atoms with van der Waals surface area (Å²) in [6.07, 6.45) is 0.230. The average Bonchev–Trinajstić information content (AvgIpc) is 2.98. The number of hydrogen-bond acceptors (Lipinski definition) is 3. The topological polar surface area (TPSA) is 31.0 Å². The minimum atomic E-state index is 0.230.